The van der Waals surface area contributed by atoms with Gasteiger partial charge in [-0.2, -0.15) is 0 Å². The van der Waals surface area contributed by atoms with Crippen molar-refractivity contribution in [2.75, 3.05) is 13.2 Å². The minimum atomic E-state index is -0.105. The molecule has 3 nitrogen and oxygen atoms in total. The van der Waals surface area contributed by atoms with Crippen LogP contribution in [0.25, 0.3) is 0 Å². The number of halogens is 2. The topological polar surface area (TPSA) is 49.3 Å². The van der Waals surface area contributed by atoms with Crippen molar-refractivity contribution in [1.82, 2.24) is 5.32 Å². The van der Waals surface area contributed by atoms with Crippen molar-refractivity contribution in [2.45, 2.75) is 19.3 Å². The molecule has 0 radical (unpaired) electrons. The first-order chi connectivity index (χ1) is 9.11. The molecule has 1 aromatic rings. The smallest absolute Gasteiger partial charge is 0.252 e. The van der Waals surface area contributed by atoms with Gasteiger partial charge < -0.3 is 10.4 Å². The number of nitrogens with one attached hydrogen (secondary N) is 1. The molecule has 2 rings (SSSR count). The second-order valence-electron chi connectivity index (χ2n) is 4.97. The molecular weight excluding hydrogens is 330 g/mol. The number of benzene rings is 1. The molecule has 1 saturated carbocycles. The summed E-state index contributed by atoms with van der Waals surface area (Å²) in [5, 5.41) is 12.8. The lowest BCUT2D eigenvalue weighted by atomic mass is 9.97. The lowest BCUT2D eigenvalue weighted by molar-refractivity contribution is 0.0937. The standard InChI is InChI=1S/C14H17BrClNO2/c15-13-6-11(16)4-5-12(13)14(19)17-7-9-2-1-3-10(9)8-18/h4-6,9-10,18H,1-3,7-8H2,(H,17,19). The van der Waals surface area contributed by atoms with Gasteiger partial charge in [-0.15, -0.1) is 0 Å². The van der Waals surface area contributed by atoms with Crippen molar-refractivity contribution in [1.29, 1.82) is 0 Å². The largest absolute Gasteiger partial charge is 0.396 e. The van der Waals surface area contributed by atoms with Gasteiger partial charge in [0.05, 0.1) is 5.56 Å². The Balaban J connectivity index is 1.94. The van der Waals surface area contributed by atoms with Gasteiger partial charge in [-0.25, -0.2) is 0 Å². The lowest BCUT2D eigenvalue weighted by Gasteiger charge is -2.18. The third kappa shape index (κ3) is 3.71. The van der Waals surface area contributed by atoms with Gasteiger partial charge in [-0.05, 0) is 58.8 Å². The zero-order valence-corrected chi connectivity index (χ0v) is 12.9. The van der Waals surface area contributed by atoms with Crippen LogP contribution in [0.4, 0.5) is 0 Å². The summed E-state index contributed by atoms with van der Waals surface area (Å²) in [7, 11) is 0. The van der Waals surface area contributed by atoms with E-state index in [1.807, 2.05) is 0 Å². The third-order valence-corrected chi connectivity index (χ3v) is 4.64. The first-order valence-electron chi connectivity index (χ1n) is 6.46. The molecule has 2 N–H and O–H groups in total. The van der Waals surface area contributed by atoms with Crippen LogP contribution in [0, 0.1) is 11.8 Å². The molecular formula is C14H17BrClNO2. The van der Waals surface area contributed by atoms with Gasteiger partial charge in [0.1, 0.15) is 0 Å². The molecule has 0 aliphatic heterocycles. The van der Waals surface area contributed by atoms with E-state index in [0.29, 0.717) is 33.4 Å². The highest BCUT2D eigenvalue weighted by Gasteiger charge is 2.26. The van der Waals surface area contributed by atoms with E-state index in [-0.39, 0.29) is 12.5 Å². The van der Waals surface area contributed by atoms with Gasteiger partial charge in [0, 0.05) is 22.6 Å². The average molecular weight is 347 g/mol. The van der Waals surface area contributed by atoms with E-state index in [2.05, 4.69) is 21.2 Å². The monoisotopic (exact) mass is 345 g/mol. The predicted octanol–water partition coefficient (Wildman–Crippen LogP) is 3.24. The van der Waals surface area contributed by atoms with Gasteiger partial charge in [0.25, 0.3) is 5.91 Å². The Morgan fingerprint density at radius 2 is 2.16 bits per heavy atom. The number of hydrogen-bond acceptors (Lipinski definition) is 2. The molecule has 1 aromatic carbocycles. The summed E-state index contributed by atoms with van der Waals surface area (Å²) in [5.74, 6) is 0.612. The molecule has 1 aliphatic carbocycles. The van der Waals surface area contributed by atoms with Crippen LogP contribution in [0.5, 0.6) is 0 Å². The van der Waals surface area contributed by atoms with Crippen LogP contribution in [0.1, 0.15) is 29.6 Å². The molecule has 1 amide bonds. The van der Waals surface area contributed by atoms with Gasteiger partial charge in [-0.3, -0.25) is 4.79 Å². The van der Waals surface area contributed by atoms with Crippen molar-refractivity contribution < 1.29 is 9.90 Å². The van der Waals surface area contributed by atoms with Gasteiger partial charge in [-0.1, -0.05) is 18.0 Å². The Bertz CT molecular complexity index is 467. The van der Waals surface area contributed by atoms with Crippen LogP contribution in [-0.2, 0) is 0 Å². The Labute approximate surface area is 126 Å². The average Bonchev–Trinajstić information content (AvgIpc) is 2.83. The highest BCUT2D eigenvalue weighted by molar-refractivity contribution is 9.10. The molecule has 0 heterocycles. The maximum Gasteiger partial charge on any atom is 0.252 e. The fourth-order valence-electron chi connectivity index (χ4n) is 2.62. The van der Waals surface area contributed by atoms with Crippen LogP contribution in [0.2, 0.25) is 5.02 Å². The van der Waals surface area contributed by atoms with Gasteiger partial charge in [0.15, 0.2) is 0 Å². The third-order valence-electron chi connectivity index (χ3n) is 3.75. The maximum atomic E-state index is 12.1. The molecule has 2 atom stereocenters. The highest BCUT2D eigenvalue weighted by Crippen LogP contribution is 2.30. The number of carbonyl (C=O) groups is 1. The molecule has 5 heteroatoms. The van der Waals surface area contributed by atoms with Crippen molar-refractivity contribution in [3.63, 3.8) is 0 Å². The first kappa shape index (κ1) is 14.8. The van der Waals surface area contributed by atoms with Crippen LogP contribution in [-0.4, -0.2) is 24.2 Å². The number of carbonyl (C=O) groups excluding carboxylic acids is 1. The normalized spacial score (nSPS) is 22.5. The van der Waals surface area contributed by atoms with Crippen LogP contribution in [0.15, 0.2) is 22.7 Å². The summed E-state index contributed by atoms with van der Waals surface area (Å²) in [4.78, 5) is 12.1. The van der Waals surface area contributed by atoms with E-state index in [4.69, 9.17) is 11.6 Å². The number of amides is 1. The summed E-state index contributed by atoms with van der Waals surface area (Å²) in [5.41, 5.74) is 0.586. The summed E-state index contributed by atoms with van der Waals surface area (Å²) in [6.45, 7) is 0.838. The minimum Gasteiger partial charge on any atom is -0.396 e. The van der Waals surface area contributed by atoms with Crippen molar-refractivity contribution in [2.24, 2.45) is 11.8 Å². The molecule has 0 aromatic heterocycles. The maximum absolute atomic E-state index is 12.1. The van der Waals surface area contributed by atoms with E-state index in [9.17, 15) is 9.90 Å². The summed E-state index contributed by atoms with van der Waals surface area (Å²) in [6.07, 6.45) is 3.27. The van der Waals surface area contributed by atoms with Gasteiger partial charge in [0.2, 0.25) is 0 Å². The first-order valence-corrected chi connectivity index (χ1v) is 7.63. The van der Waals surface area contributed by atoms with E-state index in [1.54, 1.807) is 18.2 Å². The van der Waals surface area contributed by atoms with E-state index >= 15 is 0 Å². The quantitative estimate of drug-likeness (QED) is 0.879. The molecule has 1 fully saturated rings. The van der Waals surface area contributed by atoms with Crippen LogP contribution in [0.3, 0.4) is 0 Å². The van der Waals surface area contributed by atoms with Crippen LogP contribution >= 0.6 is 27.5 Å². The molecule has 1 aliphatic rings. The van der Waals surface area contributed by atoms with E-state index in [1.165, 1.54) is 0 Å². The van der Waals surface area contributed by atoms with Gasteiger partial charge >= 0.3 is 0 Å². The Morgan fingerprint density at radius 3 is 2.84 bits per heavy atom. The SMILES string of the molecule is O=C(NCC1CCCC1CO)c1ccc(Cl)cc1Br. The zero-order valence-electron chi connectivity index (χ0n) is 10.5. The van der Waals surface area contributed by atoms with Crippen molar-refractivity contribution in [3.8, 4) is 0 Å². The van der Waals surface area contributed by atoms with E-state index in [0.717, 1.165) is 19.3 Å². The highest BCUT2D eigenvalue weighted by atomic mass is 79.9. The fourth-order valence-corrected chi connectivity index (χ4v) is 3.48. The number of aliphatic hydroxyl groups is 1. The van der Waals surface area contributed by atoms with Crippen molar-refractivity contribution >= 4 is 33.4 Å². The van der Waals surface area contributed by atoms with E-state index < -0.39 is 0 Å². The van der Waals surface area contributed by atoms with Crippen molar-refractivity contribution in [3.05, 3.63) is 33.3 Å². The fraction of sp³-hybridized carbons (Fsp3) is 0.500. The number of aliphatic hydroxyl groups excluding tert-OH is 1. The minimum absolute atomic E-state index is 0.105. The summed E-state index contributed by atoms with van der Waals surface area (Å²) >= 11 is 9.19. The number of rotatable bonds is 4. The molecule has 104 valence electrons. The summed E-state index contributed by atoms with van der Waals surface area (Å²) in [6, 6.07) is 5.12. The molecule has 0 saturated heterocycles. The zero-order chi connectivity index (χ0) is 13.8. The lowest BCUT2D eigenvalue weighted by Crippen LogP contribution is -2.31. The Kier molecular flexibility index (Phi) is 5.25. The molecule has 0 bridgehead atoms. The molecule has 2 unspecified atom stereocenters. The predicted molar refractivity (Wildman–Crippen MR) is 79.4 cm³/mol. The second kappa shape index (κ2) is 6.73. The Morgan fingerprint density at radius 1 is 1.42 bits per heavy atom. The number of hydrogen-bond donors (Lipinski definition) is 2. The molecule has 19 heavy (non-hydrogen) atoms. The molecule has 0 spiro atoms. The Hall–Kier alpha value is -0.580. The summed E-state index contributed by atoms with van der Waals surface area (Å²) < 4.78 is 0.697. The van der Waals surface area contributed by atoms with Crippen LogP contribution < -0.4 is 5.32 Å². The second-order valence-corrected chi connectivity index (χ2v) is 6.26.